The molecule has 100 valence electrons. The third-order valence-corrected chi connectivity index (χ3v) is 3.24. The summed E-state index contributed by atoms with van der Waals surface area (Å²) in [6, 6.07) is 11.2. The molecule has 1 unspecified atom stereocenters. The van der Waals surface area contributed by atoms with Crippen molar-refractivity contribution in [3.8, 4) is 0 Å². The van der Waals surface area contributed by atoms with Crippen LogP contribution < -0.4 is 5.73 Å². The molecule has 0 aliphatic heterocycles. The van der Waals surface area contributed by atoms with Crippen molar-refractivity contribution in [2.24, 2.45) is 5.73 Å². The van der Waals surface area contributed by atoms with Crippen molar-refractivity contribution in [3.05, 3.63) is 70.8 Å². The molecule has 1 nitrogen and oxygen atoms in total. The third-order valence-electron chi connectivity index (χ3n) is 3.24. The van der Waals surface area contributed by atoms with Crippen molar-refractivity contribution in [2.75, 3.05) is 0 Å². The van der Waals surface area contributed by atoms with Crippen LogP contribution in [0.1, 0.15) is 23.6 Å². The third kappa shape index (κ3) is 3.18. The van der Waals surface area contributed by atoms with Gasteiger partial charge in [-0.1, -0.05) is 29.8 Å². The van der Waals surface area contributed by atoms with Gasteiger partial charge in [0.05, 0.1) is 0 Å². The van der Waals surface area contributed by atoms with Gasteiger partial charge in [0.2, 0.25) is 0 Å². The fraction of sp³-hybridized carbons (Fsp3) is 0.250. The first-order valence-electron chi connectivity index (χ1n) is 6.18. The van der Waals surface area contributed by atoms with Crippen LogP contribution in [0.4, 0.5) is 8.78 Å². The zero-order valence-corrected chi connectivity index (χ0v) is 11.1. The van der Waals surface area contributed by atoms with Crippen LogP contribution in [0.3, 0.4) is 0 Å². The quantitative estimate of drug-likeness (QED) is 0.896. The first kappa shape index (κ1) is 13.7. The summed E-state index contributed by atoms with van der Waals surface area (Å²) in [5.74, 6) is -0.873. The number of benzene rings is 2. The monoisotopic (exact) mass is 261 g/mol. The van der Waals surface area contributed by atoms with E-state index in [9.17, 15) is 8.78 Å². The molecule has 0 aromatic heterocycles. The Hall–Kier alpha value is -1.74. The lowest BCUT2D eigenvalue weighted by Gasteiger charge is -2.26. The summed E-state index contributed by atoms with van der Waals surface area (Å²) < 4.78 is 26.9. The molecule has 2 aromatic carbocycles. The Balaban J connectivity index is 2.33. The van der Waals surface area contributed by atoms with Crippen LogP contribution >= 0.6 is 0 Å². The van der Waals surface area contributed by atoms with Crippen molar-refractivity contribution in [2.45, 2.75) is 25.8 Å². The Morgan fingerprint density at radius 2 is 1.84 bits per heavy atom. The maximum atomic E-state index is 13.7. The molecule has 0 aliphatic rings. The summed E-state index contributed by atoms with van der Waals surface area (Å²) >= 11 is 0. The zero-order chi connectivity index (χ0) is 14.0. The molecular weight excluding hydrogens is 244 g/mol. The highest BCUT2D eigenvalue weighted by Crippen LogP contribution is 2.25. The summed E-state index contributed by atoms with van der Waals surface area (Å²) in [5, 5.41) is 0. The molecule has 0 saturated carbocycles. The van der Waals surface area contributed by atoms with E-state index in [1.54, 1.807) is 0 Å². The van der Waals surface area contributed by atoms with Crippen molar-refractivity contribution >= 4 is 0 Å². The molecule has 0 spiro atoms. The maximum absolute atomic E-state index is 13.7. The number of hydrogen-bond acceptors (Lipinski definition) is 1. The van der Waals surface area contributed by atoms with E-state index in [4.69, 9.17) is 5.73 Å². The summed E-state index contributed by atoms with van der Waals surface area (Å²) in [6.07, 6.45) is 0.250. The second-order valence-corrected chi connectivity index (χ2v) is 5.20. The Labute approximate surface area is 112 Å². The van der Waals surface area contributed by atoms with E-state index in [2.05, 4.69) is 0 Å². The van der Waals surface area contributed by atoms with E-state index in [1.165, 1.54) is 6.07 Å². The molecule has 2 aromatic rings. The minimum absolute atomic E-state index is 0.250. The highest BCUT2D eigenvalue weighted by atomic mass is 19.1. The van der Waals surface area contributed by atoms with Gasteiger partial charge in [0.15, 0.2) is 0 Å². The summed E-state index contributed by atoms with van der Waals surface area (Å²) in [4.78, 5) is 0. The molecule has 2 N–H and O–H groups in total. The van der Waals surface area contributed by atoms with Gasteiger partial charge in [-0.25, -0.2) is 8.78 Å². The number of rotatable bonds is 3. The van der Waals surface area contributed by atoms with Gasteiger partial charge in [-0.3, -0.25) is 0 Å². The molecule has 0 saturated heterocycles. The standard InChI is InChI=1S/C16H17F2N/c1-11-4-3-5-13(8-11)16(2,19)10-12-9-14(17)6-7-15(12)18/h3-9H,10,19H2,1-2H3. The molecule has 2 rings (SSSR count). The molecule has 0 radical (unpaired) electrons. The minimum Gasteiger partial charge on any atom is -0.321 e. The summed E-state index contributed by atoms with van der Waals surface area (Å²) in [7, 11) is 0. The second-order valence-electron chi connectivity index (χ2n) is 5.20. The Morgan fingerprint density at radius 1 is 1.11 bits per heavy atom. The molecule has 0 bridgehead atoms. The van der Waals surface area contributed by atoms with E-state index in [1.807, 2.05) is 38.1 Å². The molecular formula is C16H17F2N. The number of halogens is 2. The van der Waals surface area contributed by atoms with E-state index in [0.29, 0.717) is 5.56 Å². The largest absolute Gasteiger partial charge is 0.321 e. The molecule has 0 fully saturated rings. The highest BCUT2D eigenvalue weighted by molar-refractivity contribution is 5.31. The molecule has 19 heavy (non-hydrogen) atoms. The summed E-state index contributed by atoms with van der Waals surface area (Å²) in [5.41, 5.74) is 7.84. The zero-order valence-electron chi connectivity index (χ0n) is 11.1. The van der Waals surface area contributed by atoms with Gasteiger partial charge < -0.3 is 5.73 Å². The molecule has 3 heteroatoms. The first-order valence-corrected chi connectivity index (χ1v) is 6.18. The Bertz CT molecular complexity index is 591. The van der Waals surface area contributed by atoms with Crippen molar-refractivity contribution in [1.82, 2.24) is 0 Å². The van der Waals surface area contributed by atoms with Crippen LogP contribution in [-0.2, 0) is 12.0 Å². The van der Waals surface area contributed by atoms with E-state index in [0.717, 1.165) is 23.3 Å². The summed E-state index contributed by atoms with van der Waals surface area (Å²) in [6.45, 7) is 3.80. The average molecular weight is 261 g/mol. The lowest BCUT2D eigenvalue weighted by Crippen LogP contribution is -2.35. The van der Waals surface area contributed by atoms with Crippen LogP contribution in [0.25, 0.3) is 0 Å². The SMILES string of the molecule is Cc1cccc(C(C)(N)Cc2cc(F)ccc2F)c1. The van der Waals surface area contributed by atoms with Crippen LogP contribution in [0.5, 0.6) is 0 Å². The normalized spacial score (nSPS) is 14.2. The fourth-order valence-electron chi connectivity index (χ4n) is 2.18. The maximum Gasteiger partial charge on any atom is 0.126 e. The van der Waals surface area contributed by atoms with E-state index >= 15 is 0 Å². The van der Waals surface area contributed by atoms with Gasteiger partial charge in [0.1, 0.15) is 11.6 Å². The lowest BCUT2D eigenvalue weighted by atomic mass is 9.86. The van der Waals surface area contributed by atoms with Crippen molar-refractivity contribution in [1.29, 1.82) is 0 Å². The topological polar surface area (TPSA) is 26.0 Å². The van der Waals surface area contributed by atoms with Crippen LogP contribution in [0, 0.1) is 18.6 Å². The molecule has 0 aliphatic carbocycles. The Morgan fingerprint density at radius 3 is 2.53 bits per heavy atom. The number of nitrogens with two attached hydrogens (primary N) is 1. The minimum atomic E-state index is -0.735. The molecule has 1 atom stereocenters. The van der Waals surface area contributed by atoms with Gasteiger partial charge in [0, 0.05) is 5.54 Å². The molecule has 0 amide bonds. The van der Waals surface area contributed by atoms with Crippen molar-refractivity contribution in [3.63, 3.8) is 0 Å². The van der Waals surface area contributed by atoms with Crippen LogP contribution in [-0.4, -0.2) is 0 Å². The van der Waals surface area contributed by atoms with Crippen LogP contribution in [0.2, 0.25) is 0 Å². The predicted molar refractivity (Wildman–Crippen MR) is 72.8 cm³/mol. The van der Waals surface area contributed by atoms with E-state index in [-0.39, 0.29) is 6.42 Å². The van der Waals surface area contributed by atoms with Gasteiger partial charge in [-0.15, -0.1) is 0 Å². The van der Waals surface area contributed by atoms with Crippen molar-refractivity contribution < 1.29 is 8.78 Å². The lowest BCUT2D eigenvalue weighted by molar-refractivity contribution is 0.472. The first-order chi connectivity index (χ1) is 8.88. The highest BCUT2D eigenvalue weighted by Gasteiger charge is 2.23. The van der Waals surface area contributed by atoms with Gasteiger partial charge >= 0.3 is 0 Å². The average Bonchev–Trinajstić information content (AvgIpc) is 2.33. The van der Waals surface area contributed by atoms with Gasteiger partial charge in [0.25, 0.3) is 0 Å². The van der Waals surface area contributed by atoms with E-state index < -0.39 is 17.2 Å². The Kier molecular flexibility index (Phi) is 3.67. The smallest absolute Gasteiger partial charge is 0.126 e. The predicted octanol–water partition coefficient (Wildman–Crippen LogP) is 3.69. The molecule has 0 heterocycles. The number of hydrogen-bond donors (Lipinski definition) is 1. The fourth-order valence-corrected chi connectivity index (χ4v) is 2.18. The second kappa shape index (κ2) is 5.10. The van der Waals surface area contributed by atoms with Gasteiger partial charge in [-0.2, -0.15) is 0 Å². The van der Waals surface area contributed by atoms with Crippen LogP contribution in [0.15, 0.2) is 42.5 Å². The number of aryl methyl sites for hydroxylation is 1. The van der Waals surface area contributed by atoms with Gasteiger partial charge in [-0.05, 0) is 49.6 Å².